The number of carbonyl (C=O) groups is 2. The first-order chi connectivity index (χ1) is 12.2. The maximum Gasteiger partial charge on any atom is 0.306 e. The number of hydrogen-bond donors (Lipinski definition) is 0. The van der Waals surface area contributed by atoms with E-state index in [4.69, 9.17) is 10.00 Å². The normalized spacial score (nSPS) is 23.9. The first kappa shape index (κ1) is 17.5. The molecule has 1 aromatic rings. The van der Waals surface area contributed by atoms with Crippen LogP contribution in [0.25, 0.3) is 0 Å². The number of anilines is 1. The average Bonchev–Trinajstić information content (AvgIpc) is 3.24. The van der Waals surface area contributed by atoms with Gasteiger partial charge in [-0.25, -0.2) is 0 Å². The molecule has 0 aliphatic heterocycles. The van der Waals surface area contributed by atoms with Crippen molar-refractivity contribution in [1.29, 1.82) is 5.26 Å². The molecule has 3 rings (SSSR count). The topological polar surface area (TPSA) is 70.4 Å². The molecule has 1 aromatic carbocycles. The van der Waals surface area contributed by atoms with Gasteiger partial charge < -0.3 is 9.64 Å². The number of esters is 1. The SMILES string of the molecule is N#CCCN(C(=O)COC(=O)C[C@H]1C[C@H]2CC[C@@H]1C2)c1ccccc1. The van der Waals surface area contributed by atoms with Crippen molar-refractivity contribution >= 4 is 17.6 Å². The van der Waals surface area contributed by atoms with Crippen molar-refractivity contribution in [2.45, 2.75) is 38.5 Å². The lowest BCUT2D eigenvalue weighted by molar-refractivity contribution is -0.149. The van der Waals surface area contributed by atoms with Crippen molar-refractivity contribution in [2.24, 2.45) is 17.8 Å². The zero-order chi connectivity index (χ0) is 17.6. The molecule has 0 unspecified atom stereocenters. The molecule has 0 radical (unpaired) electrons. The fraction of sp³-hybridized carbons (Fsp3) is 0.550. The second-order valence-corrected chi connectivity index (χ2v) is 7.09. The number of carbonyl (C=O) groups excluding carboxylic acids is 2. The molecule has 132 valence electrons. The van der Waals surface area contributed by atoms with Gasteiger partial charge in [-0.05, 0) is 49.1 Å². The zero-order valence-electron chi connectivity index (χ0n) is 14.4. The molecule has 2 aliphatic carbocycles. The first-order valence-corrected chi connectivity index (χ1v) is 9.05. The molecule has 0 spiro atoms. The molecule has 2 saturated carbocycles. The number of rotatable bonds is 7. The third kappa shape index (κ3) is 4.39. The largest absolute Gasteiger partial charge is 0.456 e. The van der Waals surface area contributed by atoms with Crippen LogP contribution in [0.15, 0.2) is 30.3 Å². The van der Waals surface area contributed by atoms with Crippen LogP contribution in [0.2, 0.25) is 0 Å². The molecule has 0 saturated heterocycles. The van der Waals surface area contributed by atoms with Gasteiger partial charge in [0.05, 0.1) is 12.5 Å². The van der Waals surface area contributed by atoms with Gasteiger partial charge >= 0.3 is 5.97 Å². The van der Waals surface area contributed by atoms with Crippen molar-refractivity contribution < 1.29 is 14.3 Å². The zero-order valence-corrected chi connectivity index (χ0v) is 14.4. The molecular formula is C20H24N2O3. The third-order valence-electron chi connectivity index (χ3n) is 5.49. The van der Waals surface area contributed by atoms with Gasteiger partial charge in [-0.15, -0.1) is 0 Å². The number of benzene rings is 1. The highest BCUT2D eigenvalue weighted by Crippen LogP contribution is 2.49. The Bertz CT molecular complexity index is 653. The van der Waals surface area contributed by atoms with E-state index in [0.717, 1.165) is 12.3 Å². The highest BCUT2D eigenvalue weighted by molar-refractivity contribution is 5.95. The van der Waals surface area contributed by atoms with E-state index in [0.29, 0.717) is 30.5 Å². The summed E-state index contributed by atoms with van der Waals surface area (Å²) >= 11 is 0. The Morgan fingerprint density at radius 1 is 1.20 bits per heavy atom. The lowest BCUT2D eigenvalue weighted by Crippen LogP contribution is -2.35. The standard InChI is InChI=1S/C20H24N2O3/c21-9-4-10-22(18-5-2-1-3-6-18)19(23)14-25-20(24)13-17-12-15-7-8-16(17)11-15/h1-3,5-6,15-17H,4,7-8,10-14H2/t15-,16+,17+/m0/s1. The Labute approximate surface area is 148 Å². The molecule has 5 heteroatoms. The Hall–Kier alpha value is -2.35. The molecule has 25 heavy (non-hydrogen) atoms. The molecule has 3 atom stereocenters. The summed E-state index contributed by atoms with van der Waals surface area (Å²) in [6, 6.07) is 11.2. The van der Waals surface area contributed by atoms with E-state index in [1.165, 1.54) is 24.2 Å². The van der Waals surface area contributed by atoms with Gasteiger partial charge in [0, 0.05) is 18.7 Å². The van der Waals surface area contributed by atoms with Crippen molar-refractivity contribution in [2.75, 3.05) is 18.1 Å². The molecule has 0 N–H and O–H groups in total. The quantitative estimate of drug-likeness (QED) is 0.714. The highest BCUT2D eigenvalue weighted by atomic mass is 16.5. The second kappa shape index (κ2) is 8.15. The average molecular weight is 340 g/mol. The van der Waals surface area contributed by atoms with Crippen molar-refractivity contribution in [3.63, 3.8) is 0 Å². The summed E-state index contributed by atoms with van der Waals surface area (Å²) in [6.07, 6.45) is 5.59. The van der Waals surface area contributed by atoms with Crippen LogP contribution in [-0.4, -0.2) is 25.0 Å². The van der Waals surface area contributed by atoms with Crippen LogP contribution in [0.3, 0.4) is 0 Å². The van der Waals surface area contributed by atoms with E-state index in [-0.39, 0.29) is 24.9 Å². The molecule has 2 bridgehead atoms. The summed E-state index contributed by atoms with van der Waals surface area (Å²) in [5, 5.41) is 8.80. The first-order valence-electron chi connectivity index (χ1n) is 9.05. The Morgan fingerprint density at radius 3 is 2.64 bits per heavy atom. The molecular weight excluding hydrogens is 316 g/mol. The van der Waals surface area contributed by atoms with E-state index in [9.17, 15) is 9.59 Å². The molecule has 5 nitrogen and oxygen atoms in total. The summed E-state index contributed by atoms with van der Waals surface area (Å²) in [6.45, 7) is 0.0310. The van der Waals surface area contributed by atoms with Crippen molar-refractivity contribution in [3.8, 4) is 6.07 Å². The van der Waals surface area contributed by atoms with Crippen LogP contribution < -0.4 is 4.90 Å². The van der Waals surface area contributed by atoms with Gasteiger partial charge in [-0.1, -0.05) is 24.6 Å². The van der Waals surface area contributed by atoms with Gasteiger partial charge in [-0.2, -0.15) is 5.26 Å². The van der Waals surface area contributed by atoms with E-state index in [2.05, 4.69) is 0 Å². The Morgan fingerprint density at radius 2 is 2.00 bits per heavy atom. The monoisotopic (exact) mass is 340 g/mol. The number of fused-ring (bicyclic) bond motifs is 2. The van der Waals surface area contributed by atoms with Crippen LogP contribution in [-0.2, 0) is 14.3 Å². The fourth-order valence-electron chi connectivity index (χ4n) is 4.29. The molecule has 1 amide bonds. The Kier molecular flexibility index (Phi) is 5.70. The van der Waals surface area contributed by atoms with Crippen LogP contribution in [0, 0.1) is 29.1 Å². The van der Waals surface area contributed by atoms with Gasteiger partial charge in [0.25, 0.3) is 5.91 Å². The number of hydrogen-bond acceptors (Lipinski definition) is 4. The third-order valence-corrected chi connectivity index (χ3v) is 5.49. The smallest absolute Gasteiger partial charge is 0.306 e. The summed E-state index contributed by atoms with van der Waals surface area (Å²) in [7, 11) is 0. The fourth-order valence-corrected chi connectivity index (χ4v) is 4.29. The molecule has 0 aromatic heterocycles. The minimum atomic E-state index is -0.289. The van der Waals surface area contributed by atoms with E-state index in [1.807, 2.05) is 36.4 Å². The van der Waals surface area contributed by atoms with Gasteiger partial charge in [0.1, 0.15) is 0 Å². The molecule has 0 heterocycles. The number of amides is 1. The number of ether oxygens (including phenoxy) is 1. The lowest BCUT2D eigenvalue weighted by atomic mass is 9.86. The minimum Gasteiger partial charge on any atom is -0.456 e. The van der Waals surface area contributed by atoms with Crippen LogP contribution >= 0.6 is 0 Å². The highest BCUT2D eigenvalue weighted by Gasteiger charge is 2.40. The molecule has 2 aliphatic rings. The van der Waals surface area contributed by atoms with Gasteiger partial charge in [-0.3, -0.25) is 9.59 Å². The van der Waals surface area contributed by atoms with E-state index >= 15 is 0 Å². The maximum absolute atomic E-state index is 12.5. The summed E-state index contributed by atoms with van der Waals surface area (Å²) in [4.78, 5) is 26.1. The summed E-state index contributed by atoms with van der Waals surface area (Å²) < 4.78 is 5.24. The van der Waals surface area contributed by atoms with Crippen LogP contribution in [0.1, 0.15) is 38.5 Å². The second-order valence-electron chi connectivity index (χ2n) is 7.09. The lowest BCUT2D eigenvalue weighted by Gasteiger charge is -2.23. The van der Waals surface area contributed by atoms with E-state index in [1.54, 1.807) is 0 Å². The minimum absolute atomic E-state index is 0.236. The Balaban J connectivity index is 1.50. The predicted octanol–water partition coefficient (Wildman–Crippen LogP) is 3.30. The summed E-state index contributed by atoms with van der Waals surface area (Å²) in [5.74, 6) is 1.33. The number of nitriles is 1. The number of nitrogens with zero attached hydrogens (tertiary/aromatic N) is 2. The van der Waals surface area contributed by atoms with E-state index < -0.39 is 0 Å². The number of para-hydroxylation sites is 1. The molecule has 2 fully saturated rings. The van der Waals surface area contributed by atoms with Crippen molar-refractivity contribution in [1.82, 2.24) is 0 Å². The predicted molar refractivity (Wildman–Crippen MR) is 93.5 cm³/mol. The van der Waals surface area contributed by atoms with Crippen LogP contribution in [0.4, 0.5) is 5.69 Å². The van der Waals surface area contributed by atoms with Gasteiger partial charge in [0.15, 0.2) is 6.61 Å². The summed E-state index contributed by atoms with van der Waals surface area (Å²) in [5.41, 5.74) is 0.715. The van der Waals surface area contributed by atoms with Crippen LogP contribution in [0.5, 0.6) is 0 Å². The van der Waals surface area contributed by atoms with Crippen molar-refractivity contribution in [3.05, 3.63) is 30.3 Å². The maximum atomic E-state index is 12.5. The van der Waals surface area contributed by atoms with Gasteiger partial charge in [0.2, 0.25) is 0 Å².